The monoisotopic (exact) mass is 491 g/mol. The molecule has 1 aliphatic heterocycles. The Balaban J connectivity index is 1.53. The Bertz CT molecular complexity index is 813. The van der Waals surface area contributed by atoms with Crippen LogP contribution >= 0.6 is 27.5 Å². The number of nitrogens with one attached hydrogen (secondary N) is 1. The van der Waals surface area contributed by atoms with Gasteiger partial charge in [-0.3, -0.25) is 9.69 Å². The maximum atomic E-state index is 12.9. The molecule has 2 atom stereocenters. The van der Waals surface area contributed by atoms with E-state index in [0.29, 0.717) is 38.6 Å². The Morgan fingerprint density at radius 1 is 1.21 bits per heavy atom. The maximum absolute atomic E-state index is 12.9. The lowest BCUT2D eigenvalue weighted by molar-refractivity contribution is -0.123. The lowest BCUT2D eigenvalue weighted by Crippen LogP contribution is -2.52. The summed E-state index contributed by atoms with van der Waals surface area (Å²) in [6.45, 7) is 4.27. The van der Waals surface area contributed by atoms with E-state index in [2.05, 4.69) is 28.2 Å². The summed E-state index contributed by atoms with van der Waals surface area (Å²) in [6, 6.07) is 5.04. The largest absolute Gasteiger partial charge is 0.352 e. The Labute approximate surface area is 180 Å². The van der Waals surface area contributed by atoms with Crippen LogP contribution in [0.15, 0.2) is 27.6 Å². The van der Waals surface area contributed by atoms with Crippen LogP contribution in [-0.4, -0.2) is 62.3 Å². The molecule has 3 rings (SSSR count). The normalized spacial score (nSPS) is 24.8. The highest BCUT2D eigenvalue weighted by Gasteiger charge is 2.31. The topological polar surface area (TPSA) is 69.7 Å². The fourth-order valence-corrected chi connectivity index (χ4v) is 6.37. The first kappa shape index (κ1) is 22.0. The summed E-state index contributed by atoms with van der Waals surface area (Å²) < 4.78 is 27.9. The maximum Gasteiger partial charge on any atom is 0.244 e. The molecule has 1 aliphatic carbocycles. The predicted octanol–water partition coefficient (Wildman–Crippen LogP) is 3.10. The first-order valence-corrected chi connectivity index (χ1v) is 12.4. The minimum absolute atomic E-state index is 0.0333. The second kappa shape index (κ2) is 9.43. The molecule has 0 spiro atoms. The molecule has 0 bridgehead atoms. The Hall–Kier alpha value is -0.670. The van der Waals surface area contributed by atoms with Crippen molar-refractivity contribution >= 4 is 43.5 Å². The second-order valence-electron chi connectivity index (χ2n) is 7.69. The Kier molecular flexibility index (Phi) is 7.42. The molecule has 1 saturated heterocycles. The standard InChI is InChI=1S/C19H27BrClN3O3S/c1-14-4-2-3-5-17(14)22-19(25)13-23-8-10-24(11-9-23)28(26,27)18-7-6-15(20)12-16(18)21/h6-7,12,14,17H,2-5,8-11,13H2,1H3,(H,22,25)/t14-,17-/m0/s1. The van der Waals surface area contributed by atoms with Crippen molar-refractivity contribution in [1.82, 2.24) is 14.5 Å². The summed E-state index contributed by atoms with van der Waals surface area (Å²) in [5.74, 6) is 0.557. The number of carbonyl (C=O) groups is 1. The van der Waals surface area contributed by atoms with Gasteiger partial charge in [-0.15, -0.1) is 0 Å². The molecule has 156 valence electrons. The van der Waals surface area contributed by atoms with E-state index in [1.165, 1.54) is 29.6 Å². The molecule has 0 radical (unpaired) electrons. The average Bonchev–Trinajstić information content (AvgIpc) is 2.64. The van der Waals surface area contributed by atoms with Crippen molar-refractivity contribution < 1.29 is 13.2 Å². The fourth-order valence-electron chi connectivity index (χ4n) is 3.94. The van der Waals surface area contributed by atoms with E-state index in [0.717, 1.165) is 10.9 Å². The third-order valence-corrected chi connectivity index (χ3v) is 8.54. The van der Waals surface area contributed by atoms with E-state index in [1.54, 1.807) is 12.1 Å². The van der Waals surface area contributed by atoms with Crippen LogP contribution in [-0.2, 0) is 14.8 Å². The summed E-state index contributed by atoms with van der Waals surface area (Å²) >= 11 is 9.43. The molecule has 1 heterocycles. The van der Waals surface area contributed by atoms with Crippen LogP contribution in [0.25, 0.3) is 0 Å². The van der Waals surface area contributed by atoms with Gasteiger partial charge in [0.2, 0.25) is 15.9 Å². The molecule has 1 N–H and O–H groups in total. The number of amides is 1. The predicted molar refractivity (Wildman–Crippen MR) is 114 cm³/mol. The summed E-state index contributed by atoms with van der Waals surface area (Å²) in [6.07, 6.45) is 4.63. The molecule has 2 fully saturated rings. The number of hydrogen-bond acceptors (Lipinski definition) is 4. The molecular weight excluding hydrogens is 466 g/mol. The molecule has 1 amide bonds. The molecule has 2 aliphatic rings. The minimum atomic E-state index is -3.64. The highest BCUT2D eigenvalue weighted by molar-refractivity contribution is 9.10. The van der Waals surface area contributed by atoms with Gasteiger partial charge in [0.15, 0.2) is 0 Å². The number of halogens is 2. The summed E-state index contributed by atoms with van der Waals surface area (Å²) in [4.78, 5) is 14.5. The number of piperazine rings is 1. The van der Waals surface area contributed by atoms with Gasteiger partial charge in [-0.2, -0.15) is 4.31 Å². The number of nitrogens with zero attached hydrogens (tertiary/aromatic N) is 2. The summed E-state index contributed by atoms with van der Waals surface area (Å²) in [7, 11) is -3.64. The van der Waals surface area contributed by atoms with E-state index >= 15 is 0 Å². The van der Waals surface area contributed by atoms with Gasteiger partial charge in [-0.25, -0.2) is 8.42 Å². The minimum Gasteiger partial charge on any atom is -0.352 e. The first-order valence-electron chi connectivity index (χ1n) is 9.74. The van der Waals surface area contributed by atoms with Gasteiger partial charge >= 0.3 is 0 Å². The average molecular weight is 493 g/mol. The highest BCUT2D eigenvalue weighted by Crippen LogP contribution is 2.28. The number of benzene rings is 1. The van der Waals surface area contributed by atoms with E-state index in [-0.39, 0.29) is 21.9 Å². The zero-order valence-corrected chi connectivity index (χ0v) is 19.2. The van der Waals surface area contributed by atoms with Crippen LogP contribution in [0, 0.1) is 5.92 Å². The van der Waals surface area contributed by atoms with Crippen molar-refractivity contribution in [2.24, 2.45) is 5.92 Å². The summed E-state index contributed by atoms with van der Waals surface area (Å²) in [5, 5.41) is 3.37. The molecule has 0 unspecified atom stereocenters. The SMILES string of the molecule is C[C@H]1CCCC[C@@H]1NC(=O)CN1CCN(S(=O)(=O)c2ccc(Br)cc2Cl)CC1. The molecule has 1 saturated carbocycles. The van der Waals surface area contributed by atoms with Gasteiger partial charge in [0.1, 0.15) is 4.90 Å². The smallest absolute Gasteiger partial charge is 0.244 e. The summed E-state index contributed by atoms with van der Waals surface area (Å²) in [5.41, 5.74) is 0. The van der Waals surface area contributed by atoms with E-state index < -0.39 is 10.0 Å². The number of rotatable bonds is 5. The number of sulfonamides is 1. The van der Waals surface area contributed by atoms with Crippen LogP contribution in [0.2, 0.25) is 5.02 Å². The van der Waals surface area contributed by atoms with Crippen LogP contribution in [0.3, 0.4) is 0 Å². The number of carbonyl (C=O) groups excluding carboxylic acids is 1. The Morgan fingerprint density at radius 2 is 1.89 bits per heavy atom. The van der Waals surface area contributed by atoms with Gasteiger partial charge in [-0.1, -0.05) is 47.3 Å². The van der Waals surface area contributed by atoms with Crippen molar-refractivity contribution in [1.29, 1.82) is 0 Å². The molecule has 1 aromatic carbocycles. The molecule has 1 aromatic rings. The van der Waals surface area contributed by atoms with Crippen molar-refractivity contribution in [2.75, 3.05) is 32.7 Å². The van der Waals surface area contributed by atoms with Crippen molar-refractivity contribution in [2.45, 2.75) is 43.5 Å². The third-order valence-electron chi connectivity index (χ3n) is 5.67. The van der Waals surface area contributed by atoms with Crippen LogP contribution in [0.4, 0.5) is 0 Å². The van der Waals surface area contributed by atoms with Crippen molar-refractivity contribution in [3.05, 3.63) is 27.7 Å². The quantitative estimate of drug-likeness (QED) is 0.686. The van der Waals surface area contributed by atoms with Gasteiger partial charge in [0.25, 0.3) is 0 Å². The first-order chi connectivity index (χ1) is 13.3. The highest BCUT2D eigenvalue weighted by atomic mass is 79.9. The van der Waals surface area contributed by atoms with Crippen LogP contribution in [0.5, 0.6) is 0 Å². The van der Waals surface area contributed by atoms with Gasteiger partial charge in [-0.05, 0) is 37.0 Å². The van der Waals surface area contributed by atoms with Crippen LogP contribution < -0.4 is 5.32 Å². The zero-order valence-electron chi connectivity index (χ0n) is 16.0. The fraction of sp³-hybridized carbons (Fsp3) is 0.632. The van der Waals surface area contributed by atoms with Crippen molar-refractivity contribution in [3.63, 3.8) is 0 Å². The van der Waals surface area contributed by atoms with Gasteiger partial charge in [0.05, 0.1) is 11.6 Å². The molecule has 6 nitrogen and oxygen atoms in total. The molecule has 9 heteroatoms. The van der Waals surface area contributed by atoms with Gasteiger partial charge < -0.3 is 5.32 Å². The zero-order chi connectivity index (χ0) is 20.3. The van der Waals surface area contributed by atoms with Crippen molar-refractivity contribution in [3.8, 4) is 0 Å². The van der Waals surface area contributed by atoms with Gasteiger partial charge in [0, 0.05) is 36.7 Å². The Morgan fingerprint density at radius 3 is 2.54 bits per heavy atom. The van der Waals surface area contributed by atoms with E-state index in [4.69, 9.17) is 11.6 Å². The lowest BCUT2D eigenvalue weighted by atomic mass is 9.86. The van der Waals surface area contributed by atoms with E-state index in [9.17, 15) is 13.2 Å². The molecule has 28 heavy (non-hydrogen) atoms. The molecular formula is C19H27BrClN3O3S. The molecule has 0 aromatic heterocycles. The lowest BCUT2D eigenvalue weighted by Gasteiger charge is -2.35. The number of hydrogen-bond donors (Lipinski definition) is 1. The van der Waals surface area contributed by atoms with Crippen LogP contribution in [0.1, 0.15) is 32.6 Å². The second-order valence-corrected chi connectivity index (χ2v) is 10.9. The third kappa shape index (κ3) is 5.27. The van der Waals surface area contributed by atoms with E-state index in [1.807, 2.05) is 4.90 Å².